The molecule has 0 spiro atoms. The predicted molar refractivity (Wildman–Crippen MR) is 102 cm³/mol. The van der Waals surface area contributed by atoms with Gasteiger partial charge in [0.1, 0.15) is 11.6 Å². The molecule has 0 atom stereocenters. The molecule has 6 heteroatoms. The molecule has 0 radical (unpaired) electrons. The second kappa shape index (κ2) is 9.04. The molecule has 6 nitrogen and oxygen atoms in total. The van der Waals surface area contributed by atoms with Crippen molar-refractivity contribution in [3.05, 3.63) is 40.5 Å². The number of nitrogens with zero attached hydrogens (tertiary/aromatic N) is 2. The van der Waals surface area contributed by atoms with Crippen LogP contribution in [0.1, 0.15) is 38.7 Å². The van der Waals surface area contributed by atoms with E-state index >= 15 is 0 Å². The van der Waals surface area contributed by atoms with Crippen molar-refractivity contribution in [1.29, 1.82) is 5.26 Å². The second-order valence-electron chi connectivity index (χ2n) is 6.31. The van der Waals surface area contributed by atoms with Crippen molar-refractivity contribution >= 4 is 17.9 Å². The summed E-state index contributed by atoms with van der Waals surface area (Å²) in [7, 11) is 2.93. The second-order valence-corrected chi connectivity index (χ2v) is 6.31. The Labute approximate surface area is 159 Å². The number of benzene rings is 1. The summed E-state index contributed by atoms with van der Waals surface area (Å²) in [5.41, 5.74) is 1.39. The smallest absolute Gasteiger partial charge is 0.271 e. The predicted octanol–water partition coefficient (Wildman–Crippen LogP) is 3.49. The molecule has 1 aromatic carbocycles. The highest BCUT2D eigenvalue weighted by Crippen LogP contribution is 2.31. The fourth-order valence-corrected chi connectivity index (χ4v) is 2.79. The van der Waals surface area contributed by atoms with Crippen LogP contribution >= 0.6 is 0 Å². The van der Waals surface area contributed by atoms with Gasteiger partial charge in [-0.1, -0.05) is 25.8 Å². The molecule has 2 amide bonds. The Morgan fingerprint density at radius 3 is 2.56 bits per heavy atom. The highest BCUT2D eigenvalue weighted by molar-refractivity contribution is 6.19. The van der Waals surface area contributed by atoms with Gasteiger partial charge in [0.15, 0.2) is 11.5 Å². The first-order valence-electron chi connectivity index (χ1n) is 8.90. The van der Waals surface area contributed by atoms with Gasteiger partial charge in [0.05, 0.1) is 13.7 Å². The number of nitriles is 1. The van der Waals surface area contributed by atoms with Crippen LogP contribution in [0.5, 0.6) is 11.5 Å². The number of imide groups is 1. The van der Waals surface area contributed by atoms with Crippen LogP contribution in [-0.4, -0.2) is 37.5 Å². The Bertz CT molecular complexity index is 846. The molecule has 0 saturated carbocycles. The Hall–Kier alpha value is -3.07. The molecule has 0 fully saturated rings. The van der Waals surface area contributed by atoms with Crippen LogP contribution < -0.4 is 9.47 Å². The van der Waals surface area contributed by atoms with E-state index in [9.17, 15) is 14.9 Å². The minimum absolute atomic E-state index is 0.0220. The van der Waals surface area contributed by atoms with Crippen molar-refractivity contribution in [3.8, 4) is 17.6 Å². The lowest BCUT2D eigenvalue weighted by Crippen LogP contribution is -2.39. The summed E-state index contributed by atoms with van der Waals surface area (Å²) < 4.78 is 11.2. The molecule has 1 heterocycles. The third-order valence-electron chi connectivity index (χ3n) is 4.45. The Morgan fingerprint density at radius 2 is 1.93 bits per heavy atom. The highest BCUT2D eigenvalue weighted by Gasteiger charge is 2.32. The van der Waals surface area contributed by atoms with Gasteiger partial charge in [-0.15, -0.1) is 0 Å². The zero-order valence-electron chi connectivity index (χ0n) is 16.2. The summed E-state index contributed by atoms with van der Waals surface area (Å²) in [6.07, 6.45) is 4.85. The van der Waals surface area contributed by atoms with E-state index in [4.69, 9.17) is 9.47 Å². The number of hydrogen-bond donors (Lipinski definition) is 0. The van der Waals surface area contributed by atoms with Gasteiger partial charge in [-0.05, 0) is 42.7 Å². The maximum atomic E-state index is 12.5. The van der Waals surface area contributed by atoms with Gasteiger partial charge in [-0.25, -0.2) is 0 Å². The maximum Gasteiger partial charge on any atom is 0.271 e. The van der Waals surface area contributed by atoms with Crippen molar-refractivity contribution in [3.63, 3.8) is 0 Å². The molecule has 2 rings (SSSR count). The van der Waals surface area contributed by atoms with E-state index in [2.05, 4.69) is 6.92 Å². The van der Waals surface area contributed by atoms with Gasteiger partial charge in [0, 0.05) is 12.6 Å². The van der Waals surface area contributed by atoms with Crippen LogP contribution in [-0.2, 0) is 9.59 Å². The number of carbonyl (C=O) groups excluding carboxylic acids is 2. The zero-order chi connectivity index (χ0) is 20.0. The standard InChI is InChI=1S/C21H24N2O4/c1-5-6-7-10-27-18-9-8-15(12-19(18)26-4)11-16-14(2)17(13-22)21(25)23(3)20(16)24/h8-9,11-12H,5-7,10H2,1-4H3/b16-11+. The number of rotatable bonds is 7. The lowest BCUT2D eigenvalue weighted by Gasteiger charge is -2.23. The third-order valence-corrected chi connectivity index (χ3v) is 4.45. The van der Waals surface area contributed by atoms with E-state index in [1.807, 2.05) is 12.1 Å². The summed E-state index contributed by atoms with van der Waals surface area (Å²) in [5.74, 6) is 0.194. The average Bonchev–Trinajstić information content (AvgIpc) is 2.68. The minimum Gasteiger partial charge on any atom is -0.493 e. The molecule has 27 heavy (non-hydrogen) atoms. The van der Waals surface area contributed by atoms with Crippen LogP contribution in [0.15, 0.2) is 34.9 Å². The number of hydrogen-bond acceptors (Lipinski definition) is 5. The third kappa shape index (κ3) is 4.37. The number of amides is 2. The van der Waals surface area contributed by atoms with Crippen molar-refractivity contribution in [2.75, 3.05) is 20.8 Å². The molecule has 1 aliphatic heterocycles. The summed E-state index contributed by atoms with van der Waals surface area (Å²) in [4.78, 5) is 25.5. The van der Waals surface area contributed by atoms with E-state index < -0.39 is 11.8 Å². The number of carbonyl (C=O) groups is 2. The molecule has 142 valence electrons. The van der Waals surface area contributed by atoms with E-state index in [0.717, 1.165) is 29.7 Å². The van der Waals surface area contributed by atoms with Gasteiger partial charge in [0.2, 0.25) is 0 Å². The molecule has 0 bridgehead atoms. The molecule has 0 saturated heterocycles. The molecular weight excluding hydrogens is 344 g/mol. The monoisotopic (exact) mass is 368 g/mol. The number of ether oxygens (including phenoxy) is 2. The van der Waals surface area contributed by atoms with Gasteiger partial charge in [-0.3, -0.25) is 14.5 Å². The van der Waals surface area contributed by atoms with Crippen LogP contribution in [0.25, 0.3) is 6.08 Å². The van der Waals surface area contributed by atoms with Crippen molar-refractivity contribution < 1.29 is 19.1 Å². The van der Waals surface area contributed by atoms with E-state index in [-0.39, 0.29) is 5.57 Å². The maximum absolute atomic E-state index is 12.5. The van der Waals surface area contributed by atoms with E-state index in [1.165, 1.54) is 7.05 Å². The average molecular weight is 368 g/mol. The largest absolute Gasteiger partial charge is 0.493 e. The van der Waals surface area contributed by atoms with Crippen molar-refractivity contribution in [2.45, 2.75) is 33.1 Å². The van der Waals surface area contributed by atoms with Gasteiger partial charge in [-0.2, -0.15) is 5.26 Å². The lowest BCUT2D eigenvalue weighted by atomic mass is 9.94. The molecule has 1 aliphatic rings. The van der Waals surface area contributed by atoms with Crippen molar-refractivity contribution in [1.82, 2.24) is 4.90 Å². The van der Waals surface area contributed by atoms with Gasteiger partial charge in [0.25, 0.3) is 11.8 Å². The molecule has 0 N–H and O–H groups in total. The van der Waals surface area contributed by atoms with Crippen molar-refractivity contribution in [2.24, 2.45) is 0 Å². The van der Waals surface area contributed by atoms with E-state index in [0.29, 0.717) is 29.3 Å². The quantitative estimate of drug-likeness (QED) is 0.418. The number of methoxy groups -OCH3 is 1. The summed E-state index contributed by atoms with van der Waals surface area (Å²) in [6, 6.07) is 7.26. The van der Waals surface area contributed by atoms with Crippen LogP contribution in [0.4, 0.5) is 0 Å². The Morgan fingerprint density at radius 1 is 1.19 bits per heavy atom. The van der Waals surface area contributed by atoms with Gasteiger partial charge < -0.3 is 9.47 Å². The SMILES string of the molecule is CCCCCOc1ccc(/C=C2/C(=O)N(C)C(=O)C(C#N)=C2C)cc1OC. The zero-order valence-corrected chi connectivity index (χ0v) is 16.2. The molecule has 1 aromatic rings. The highest BCUT2D eigenvalue weighted by atomic mass is 16.5. The normalized spacial score (nSPS) is 16.0. The van der Waals surface area contributed by atoms with Crippen LogP contribution in [0.3, 0.4) is 0 Å². The fraction of sp³-hybridized carbons (Fsp3) is 0.381. The van der Waals surface area contributed by atoms with Gasteiger partial charge >= 0.3 is 0 Å². The Kier molecular flexibility index (Phi) is 6.78. The first-order chi connectivity index (χ1) is 12.9. The van der Waals surface area contributed by atoms with E-state index in [1.54, 1.807) is 32.2 Å². The lowest BCUT2D eigenvalue weighted by molar-refractivity contribution is -0.138. The minimum atomic E-state index is -0.578. The van der Waals surface area contributed by atoms with Crippen LogP contribution in [0.2, 0.25) is 0 Å². The molecule has 0 aliphatic carbocycles. The molecule has 0 aromatic heterocycles. The summed E-state index contributed by atoms with van der Waals surface area (Å²) in [6.45, 7) is 4.35. The first kappa shape index (κ1) is 20.2. The Balaban J connectivity index is 2.35. The summed E-state index contributed by atoms with van der Waals surface area (Å²) >= 11 is 0. The molecular formula is C21H24N2O4. The topological polar surface area (TPSA) is 79.6 Å². The number of likely N-dealkylation sites (N-methyl/N-ethyl adjacent to an activating group) is 1. The van der Waals surface area contributed by atoms with Crippen LogP contribution in [0, 0.1) is 11.3 Å². The molecule has 0 unspecified atom stereocenters. The number of unbranched alkanes of at least 4 members (excludes halogenated alkanes) is 2. The first-order valence-corrected chi connectivity index (χ1v) is 8.90. The fourth-order valence-electron chi connectivity index (χ4n) is 2.79. The summed E-state index contributed by atoms with van der Waals surface area (Å²) in [5, 5.41) is 9.23.